The maximum absolute atomic E-state index is 12.9. The molecule has 0 amide bonds. The highest BCUT2D eigenvalue weighted by Crippen LogP contribution is 2.26. The molecule has 0 aliphatic heterocycles. The standard InChI is InChI=1S/C17H19NO2S/c1-4-12-18(16-8-6-5-7-9-16)21(19,20)17-11-10-14(2)13-15(17)3/h4-11,13H,1,12H2,2-3H3. The van der Waals surface area contributed by atoms with Crippen LogP contribution in [0.4, 0.5) is 5.69 Å². The number of aryl methyl sites for hydroxylation is 2. The molecule has 0 aromatic heterocycles. The lowest BCUT2D eigenvalue weighted by molar-refractivity contribution is 0.592. The highest BCUT2D eigenvalue weighted by atomic mass is 32.2. The Morgan fingerprint density at radius 3 is 2.33 bits per heavy atom. The summed E-state index contributed by atoms with van der Waals surface area (Å²) in [5, 5.41) is 0. The van der Waals surface area contributed by atoms with Gasteiger partial charge >= 0.3 is 0 Å². The van der Waals surface area contributed by atoms with Crippen LogP contribution in [0.5, 0.6) is 0 Å². The lowest BCUT2D eigenvalue weighted by Gasteiger charge is -2.24. The Balaban J connectivity index is 2.55. The van der Waals surface area contributed by atoms with Crippen LogP contribution in [-0.2, 0) is 10.0 Å². The zero-order chi connectivity index (χ0) is 15.5. The van der Waals surface area contributed by atoms with Crippen molar-refractivity contribution in [3.63, 3.8) is 0 Å². The van der Waals surface area contributed by atoms with Gasteiger partial charge in [0, 0.05) is 0 Å². The van der Waals surface area contributed by atoms with E-state index in [9.17, 15) is 8.42 Å². The minimum absolute atomic E-state index is 0.236. The first-order valence-electron chi connectivity index (χ1n) is 6.73. The van der Waals surface area contributed by atoms with Crippen molar-refractivity contribution in [2.45, 2.75) is 18.7 Å². The first-order chi connectivity index (χ1) is 9.96. The first-order valence-corrected chi connectivity index (χ1v) is 8.17. The topological polar surface area (TPSA) is 37.4 Å². The molecule has 21 heavy (non-hydrogen) atoms. The second kappa shape index (κ2) is 6.14. The van der Waals surface area contributed by atoms with Gasteiger partial charge < -0.3 is 0 Å². The van der Waals surface area contributed by atoms with Crippen LogP contribution in [0.2, 0.25) is 0 Å². The molecule has 0 saturated carbocycles. The molecule has 110 valence electrons. The van der Waals surface area contributed by atoms with Gasteiger partial charge in [-0.15, -0.1) is 6.58 Å². The molecular formula is C17H19NO2S. The molecule has 0 spiro atoms. The van der Waals surface area contributed by atoms with Crippen molar-refractivity contribution in [1.82, 2.24) is 0 Å². The van der Waals surface area contributed by atoms with E-state index in [0.717, 1.165) is 11.1 Å². The summed E-state index contributed by atoms with van der Waals surface area (Å²) < 4.78 is 27.2. The summed E-state index contributed by atoms with van der Waals surface area (Å²) in [6.45, 7) is 7.66. The van der Waals surface area contributed by atoms with Crippen LogP contribution >= 0.6 is 0 Å². The SMILES string of the molecule is C=CCN(c1ccccc1)S(=O)(=O)c1ccc(C)cc1C. The maximum Gasteiger partial charge on any atom is 0.264 e. The molecule has 0 aliphatic rings. The normalized spacial score (nSPS) is 11.1. The summed E-state index contributed by atoms with van der Waals surface area (Å²) in [7, 11) is -3.60. The van der Waals surface area contributed by atoms with Crippen molar-refractivity contribution in [2.75, 3.05) is 10.8 Å². The molecule has 2 aromatic rings. The minimum atomic E-state index is -3.60. The fraction of sp³-hybridized carbons (Fsp3) is 0.176. The summed E-state index contributed by atoms with van der Waals surface area (Å²) in [6, 6.07) is 14.4. The Hall–Kier alpha value is -2.07. The number of para-hydroxylation sites is 1. The van der Waals surface area contributed by atoms with Crippen molar-refractivity contribution < 1.29 is 8.42 Å². The summed E-state index contributed by atoms with van der Waals surface area (Å²) in [5.74, 6) is 0. The highest BCUT2D eigenvalue weighted by Gasteiger charge is 2.25. The van der Waals surface area contributed by atoms with Crippen LogP contribution in [0, 0.1) is 13.8 Å². The molecule has 2 aromatic carbocycles. The first kappa shape index (κ1) is 15.3. The van der Waals surface area contributed by atoms with Gasteiger partial charge in [0.25, 0.3) is 10.0 Å². The molecule has 0 atom stereocenters. The van der Waals surface area contributed by atoms with Crippen LogP contribution in [-0.4, -0.2) is 15.0 Å². The number of anilines is 1. The Labute approximate surface area is 126 Å². The number of sulfonamides is 1. The van der Waals surface area contributed by atoms with Gasteiger partial charge in [0.1, 0.15) is 0 Å². The summed E-state index contributed by atoms with van der Waals surface area (Å²) in [4.78, 5) is 0.332. The largest absolute Gasteiger partial charge is 0.264 e. The van der Waals surface area contributed by atoms with Gasteiger partial charge in [-0.05, 0) is 37.6 Å². The Bertz CT molecular complexity index is 737. The predicted octanol–water partition coefficient (Wildman–Crippen LogP) is 3.68. The molecule has 0 bridgehead atoms. The zero-order valence-corrected chi connectivity index (χ0v) is 13.1. The van der Waals surface area contributed by atoms with Crippen LogP contribution < -0.4 is 4.31 Å². The number of hydrogen-bond acceptors (Lipinski definition) is 2. The van der Waals surface area contributed by atoms with E-state index in [1.165, 1.54) is 4.31 Å². The van der Waals surface area contributed by atoms with Gasteiger partial charge in [-0.25, -0.2) is 8.42 Å². The molecule has 0 unspecified atom stereocenters. The second-order valence-corrected chi connectivity index (χ2v) is 6.76. The minimum Gasteiger partial charge on any atom is -0.263 e. The third-order valence-corrected chi connectivity index (χ3v) is 5.19. The van der Waals surface area contributed by atoms with Crippen LogP contribution in [0.15, 0.2) is 66.1 Å². The third kappa shape index (κ3) is 3.16. The smallest absolute Gasteiger partial charge is 0.263 e. The van der Waals surface area contributed by atoms with Crippen LogP contribution in [0.25, 0.3) is 0 Å². The summed E-state index contributed by atoms with van der Waals surface area (Å²) in [6.07, 6.45) is 1.59. The number of nitrogens with zero attached hydrogens (tertiary/aromatic N) is 1. The monoisotopic (exact) mass is 301 g/mol. The van der Waals surface area contributed by atoms with Crippen molar-refractivity contribution in [1.29, 1.82) is 0 Å². The lowest BCUT2D eigenvalue weighted by atomic mass is 10.2. The van der Waals surface area contributed by atoms with Gasteiger partial charge in [0.15, 0.2) is 0 Å². The zero-order valence-electron chi connectivity index (χ0n) is 12.3. The van der Waals surface area contributed by atoms with Gasteiger partial charge in [-0.3, -0.25) is 4.31 Å². The molecule has 0 fully saturated rings. The molecule has 0 heterocycles. The number of hydrogen-bond donors (Lipinski definition) is 0. The third-order valence-electron chi connectivity index (χ3n) is 3.24. The number of benzene rings is 2. The van der Waals surface area contributed by atoms with E-state index in [1.807, 2.05) is 44.2 Å². The molecule has 0 saturated heterocycles. The Morgan fingerprint density at radius 1 is 1.10 bits per heavy atom. The molecule has 0 radical (unpaired) electrons. The van der Waals surface area contributed by atoms with E-state index in [0.29, 0.717) is 10.6 Å². The van der Waals surface area contributed by atoms with Crippen LogP contribution in [0.3, 0.4) is 0 Å². The average Bonchev–Trinajstić information content (AvgIpc) is 2.45. The molecule has 4 heteroatoms. The summed E-state index contributed by atoms with van der Waals surface area (Å²) >= 11 is 0. The average molecular weight is 301 g/mol. The van der Waals surface area contributed by atoms with Crippen molar-refractivity contribution >= 4 is 15.7 Å². The Morgan fingerprint density at radius 2 is 1.76 bits per heavy atom. The Kier molecular flexibility index (Phi) is 4.48. The number of rotatable bonds is 5. The van der Waals surface area contributed by atoms with Gasteiger partial charge in [-0.1, -0.05) is 42.0 Å². The predicted molar refractivity (Wildman–Crippen MR) is 87.1 cm³/mol. The van der Waals surface area contributed by atoms with E-state index in [2.05, 4.69) is 6.58 Å². The molecular weight excluding hydrogens is 282 g/mol. The maximum atomic E-state index is 12.9. The summed E-state index contributed by atoms with van der Waals surface area (Å²) in [5.41, 5.74) is 2.43. The lowest BCUT2D eigenvalue weighted by Crippen LogP contribution is -2.31. The van der Waals surface area contributed by atoms with Gasteiger partial charge in [0.2, 0.25) is 0 Å². The fourth-order valence-corrected chi connectivity index (χ4v) is 3.91. The molecule has 0 N–H and O–H groups in total. The van der Waals surface area contributed by atoms with Crippen molar-refractivity contribution in [2.24, 2.45) is 0 Å². The van der Waals surface area contributed by atoms with E-state index in [4.69, 9.17) is 0 Å². The van der Waals surface area contributed by atoms with E-state index in [-0.39, 0.29) is 6.54 Å². The van der Waals surface area contributed by atoms with E-state index < -0.39 is 10.0 Å². The fourth-order valence-electron chi connectivity index (χ4n) is 2.26. The van der Waals surface area contributed by atoms with Gasteiger partial charge in [-0.2, -0.15) is 0 Å². The quantitative estimate of drug-likeness (QED) is 0.790. The van der Waals surface area contributed by atoms with Gasteiger partial charge in [0.05, 0.1) is 17.1 Å². The molecule has 2 rings (SSSR count). The second-order valence-electron chi connectivity index (χ2n) is 4.93. The van der Waals surface area contributed by atoms with E-state index >= 15 is 0 Å². The molecule has 0 aliphatic carbocycles. The van der Waals surface area contributed by atoms with E-state index in [1.54, 1.807) is 24.3 Å². The molecule has 3 nitrogen and oxygen atoms in total. The van der Waals surface area contributed by atoms with Crippen molar-refractivity contribution in [3.8, 4) is 0 Å². The van der Waals surface area contributed by atoms with Crippen molar-refractivity contribution in [3.05, 3.63) is 72.3 Å². The van der Waals surface area contributed by atoms with Crippen LogP contribution in [0.1, 0.15) is 11.1 Å². The highest BCUT2D eigenvalue weighted by molar-refractivity contribution is 7.92.